The van der Waals surface area contributed by atoms with Crippen molar-refractivity contribution in [2.45, 2.75) is 6.54 Å². The van der Waals surface area contributed by atoms with Crippen molar-refractivity contribution in [3.63, 3.8) is 0 Å². The fraction of sp³-hybridized carbons (Fsp3) is 0.235. The van der Waals surface area contributed by atoms with Crippen molar-refractivity contribution in [2.24, 2.45) is 0 Å². The van der Waals surface area contributed by atoms with Crippen LogP contribution >= 0.6 is 0 Å². The van der Waals surface area contributed by atoms with E-state index >= 15 is 0 Å². The first kappa shape index (κ1) is 16.0. The maximum Gasteiger partial charge on any atom is 0.279 e. The number of quaternary nitrogens is 1. The number of hydrogen-bond acceptors (Lipinski definition) is 2. The number of nitrogens with one attached hydrogen (secondary N) is 2. The smallest absolute Gasteiger partial charge is 0.279 e. The summed E-state index contributed by atoms with van der Waals surface area (Å²) < 4.78 is 18.3. The molecular weight excluding hydrogens is 283 g/mol. The molecule has 2 N–H and O–H groups in total. The van der Waals surface area contributed by atoms with Crippen molar-refractivity contribution in [1.82, 2.24) is 0 Å². The normalized spacial score (nSPS) is 11.8. The molecule has 22 heavy (non-hydrogen) atoms. The molecule has 0 bridgehead atoms. The first-order valence-electron chi connectivity index (χ1n) is 7.06. The molecule has 5 heteroatoms. The predicted molar refractivity (Wildman–Crippen MR) is 83.5 cm³/mol. The minimum Gasteiger partial charge on any atom is -0.497 e. The summed E-state index contributed by atoms with van der Waals surface area (Å²) in [4.78, 5) is 13.0. The van der Waals surface area contributed by atoms with Gasteiger partial charge in [-0.25, -0.2) is 4.39 Å². The van der Waals surface area contributed by atoms with Gasteiger partial charge in [-0.3, -0.25) is 4.79 Å². The largest absolute Gasteiger partial charge is 0.497 e. The van der Waals surface area contributed by atoms with Crippen LogP contribution in [0.5, 0.6) is 5.75 Å². The maximum absolute atomic E-state index is 13.1. The third-order valence-corrected chi connectivity index (χ3v) is 3.21. The number of amides is 1. The minimum atomic E-state index is -0.366. The van der Waals surface area contributed by atoms with Crippen molar-refractivity contribution in [3.05, 3.63) is 59.9 Å². The number of carbonyl (C=O) groups excluding carboxylic acids is 1. The van der Waals surface area contributed by atoms with Gasteiger partial charge in [0.1, 0.15) is 18.1 Å². The number of halogens is 1. The molecule has 2 rings (SSSR count). The van der Waals surface area contributed by atoms with Gasteiger partial charge in [0.2, 0.25) is 0 Å². The van der Waals surface area contributed by atoms with Gasteiger partial charge < -0.3 is 15.0 Å². The molecule has 0 heterocycles. The molecular formula is C17H20FN2O2+. The zero-order chi connectivity index (χ0) is 15.9. The van der Waals surface area contributed by atoms with Crippen LogP contribution in [0.2, 0.25) is 0 Å². The summed E-state index contributed by atoms with van der Waals surface area (Å²) in [5, 5.41) is 2.70. The maximum atomic E-state index is 13.1. The Morgan fingerprint density at radius 1 is 1.23 bits per heavy atom. The number of methoxy groups -OCH3 is 1. The van der Waals surface area contributed by atoms with Gasteiger partial charge >= 0.3 is 0 Å². The van der Waals surface area contributed by atoms with Crippen molar-refractivity contribution in [2.75, 3.05) is 26.0 Å². The number of carbonyl (C=O) groups is 1. The molecule has 1 atom stereocenters. The Morgan fingerprint density at radius 2 is 2.00 bits per heavy atom. The number of hydrogen-bond donors (Lipinski definition) is 2. The van der Waals surface area contributed by atoms with E-state index in [4.69, 9.17) is 4.74 Å². The van der Waals surface area contributed by atoms with E-state index in [1.165, 1.54) is 12.1 Å². The van der Waals surface area contributed by atoms with Gasteiger partial charge in [-0.15, -0.1) is 0 Å². The molecule has 0 fully saturated rings. The van der Waals surface area contributed by atoms with Gasteiger partial charge in [0, 0.05) is 11.3 Å². The summed E-state index contributed by atoms with van der Waals surface area (Å²) >= 11 is 0. The molecule has 0 aromatic heterocycles. The van der Waals surface area contributed by atoms with Crippen LogP contribution in [-0.2, 0) is 11.3 Å². The second-order valence-corrected chi connectivity index (χ2v) is 5.22. The average molecular weight is 303 g/mol. The van der Waals surface area contributed by atoms with Crippen molar-refractivity contribution >= 4 is 11.6 Å². The highest BCUT2D eigenvalue weighted by atomic mass is 19.1. The fourth-order valence-corrected chi connectivity index (χ4v) is 2.24. The quantitative estimate of drug-likeness (QED) is 0.849. The molecule has 0 spiro atoms. The van der Waals surface area contributed by atoms with Gasteiger partial charge in [-0.1, -0.05) is 18.2 Å². The van der Waals surface area contributed by atoms with Crippen LogP contribution in [0.25, 0.3) is 0 Å². The highest BCUT2D eigenvalue weighted by molar-refractivity contribution is 5.91. The molecule has 0 aliphatic rings. The molecule has 0 aliphatic heterocycles. The van der Waals surface area contributed by atoms with Crippen LogP contribution in [0, 0.1) is 5.82 Å². The molecule has 0 aliphatic carbocycles. The summed E-state index contributed by atoms with van der Waals surface area (Å²) in [6.45, 7) is 1.00. The van der Waals surface area contributed by atoms with Gasteiger partial charge in [-0.2, -0.15) is 0 Å². The van der Waals surface area contributed by atoms with Gasteiger partial charge in [0.15, 0.2) is 6.54 Å². The van der Waals surface area contributed by atoms with E-state index in [9.17, 15) is 9.18 Å². The SMILES string of the molecule is COc1cccc(C[NH+](C)CC(=O)Nc2cccc(F)c2)c1. The summed E-state index contributed by atoms with van der Waals surface area (Å²) in [5.74, 6) is 0.287. The number of benzene rings is 2. The van der Waals surface area contributed by atoms with Crippen LogP contribution in [-0.4, -0.2) is 26.6 Å². The molecule has 4 nitrogen and oxygen atoms in total. The Morgan fingerprint density at radius 3 is 2.73 bits per heavy atom. The molecule has 0 saturated heterocycles. The Balaban J connectivity index is 1.88. The standard InChI is InChI=1S/C17H19FN2O2/c1-20(11-13-5-3-8-16(9-13)22-2)12-17(21)19-15-7-4-6-14(18)10-15/h3-10H,11-12H2,1-2H3,(H,19,21)/p+1. The second kappa shape index (κ2) is 7.56. The fourth-order valence-electron chi connectivity index (χ4n) is 2.24. The van der Waals surface area contributed by atoms with Crippen LogP contribution in [0.15, 0.2) is 48.5 Å². The topological polar surface area (TPSA) is 42.8 Å². The molecule has 2 aromatic carbocycles. The third-order valence-electron chi connectivity index (χ3n) is 3.21. The second-order valence-electron chi connectivity index (χ2n) is 5.22. The minimum absolute atomic E-state index is 0.147. The average Bonchev–Trinajstić information content (AvgIpc) is 2.47. The van der Waals surface area contributed by atoms with E-state index in [2.05, 4.69) is 5.32 Å². The van der Waals surface area contributed by atoms with Gasteiger partial charge in [-0.05, 0) is 30.3 Å². The number of anilines is 1. The first-order valence-corrected chi connectivity index (χ1v) is 7.06. The molecule has 1 amide bonds. The van der Waals surface area contributed by atoms with Crippen LogP contribution in [0.4, 0.5) is 10.1 Å². The highest BCUT2D eigenvalue weighted by Crippen LogP contribution is 2.11. The number of ether oxygens (including phenoxy) is 1. The molecule has 2 aromatic rings. The number of rotatable bonds is 6. The monoisotopic (exact) mass is 303 g/mol. The van der Waals surface area contributed by atoms with Crippen LogP contribution < -0.4 is 15.0 Å². The first-order chi connectivity index (χ1) is 10.6. The van der Waals surface area contributed by atoms with E-state index in [0.29, 0.717) is 18.8 Å². The lowest BCUT2D eigenvalue weighted by Gasteiger charge is -2.14. The van der Waals surface area contributed by atoms with Gasteiger partial charge in [0.25, 0.3) is 5.91 Å². The molecule has 0 saturated carbocycles. The Bertz CT molecular complexity index is 646. The molecule has 116 valence electrons. The highest BCUT2D eigenvalue weighted by Gasteiger charge is 2.11. The van der Waals surface area contributed by atoms with Crippen LogP contribution in [0.3, 0.4) is 0 Å². The summed E-state index contributed by atoms with van der Waals surface area (Å²) in [6, 6.07) is 13.6. The van der Waals surface area contributed by atoms with Crippen LogP contribution in [0.1, 0.15) is 5.56 Å². The van der Waals surface area contributed by atoms with E-state index in [0.717, 1.165) is 16.2 Å². The molecule has 1 unspecified atom stereocenters. The predicted octanol–water partition coefficient (Wildman–Crippen LogP) is 1.49. The van der Waals surface area contributed by atoms with Crippen molar-refractivity contribution in [3.8, 4) is 5.75 Å². The van der Waals surface area contributed by atoms with E-state index in [1.54, 1.807) is 19.2 Å². The van der Waals surface area contributed by atoms with Crippen molar-refractivity contribution in [1.29, 1.82) is 0 Å². The zero-order valence-corrected chi connectivity index (χ0v) is 12.7. The third kappa shape index (κ3) is 4.86. The zero-order valence-electron chi connectivity index (χ0n) is 12.7. The summed E-state index contributed by atoms with van der Waals surface area (Å²) in [6.07, 6.45) is 0. The lowest BCUT2D eigenvalue weighted by molar-refractivity contribution is -0.885. The van der Waals surface area contributed by atoms with E-state index in [1.807, 2.05) is 31.3 Å². The summed E-state index contributed by atoms with van der Waals surface area (Å²) in [5.41, 5.74) is 1.56. The Hall–Kier alpha value is -2.40. The van der Waals surface area contributed by atoms with E-state index in [-0.39, 0.29) is 11.7 Å². The summed E-state index contributed by atoms with van der Waals surface area (Å²) in [7, 11) is 3.56. The molecule has 0 radical (unpaired) electrons. The Kier molecular flexibility index (Phi) is 5.49. The van der Waals surface area contributed by atoms with Gasteiger partial charge in [0.05, 0.1) is 14.2 Å². The lowest BCUT2D eigenvalue weighted by atomic mass is 10.2. The Labute approximate surface area is 129 Å². The number of likely N-dealkylation sites (N-methyl/N-ethyl adjacent to an activating group) is 1. The lowest BCUT2D eigenvalue weighted by Crippen LogP contribution is -3.08. The van der Waals surface area contributed by atoms with E-state index < -0.39 is 0 Å². The van der Waals surface area contributed by atoms with Crippen molar-refractivity contribution < 1.29 is 18.8 Å².